The van der Waals surface area contributed by atoms with Gasteiger partial charge in [-0.3, -0.25) is 14.3 Å². The maximum absolute atomic E-state index is 12.9. The summed E-state index contributed by atoms with van der Waals surface area (Å²) in [4.78, 5) is 34.4. The first-order valence-corrected chi connectivity index (χ1v) is 11.5. The van der Waals surface area contributed by atoms with Crippen molar-refractivity contribution in [3.05, 3.63) is 70.3 Å². The standard InChI is InChI=1S/C25H28F3N5O2/c1-4-21(22-30-20-8-6-5-7-19(20)23(34)31(22)3)32-13-14-33(16(2)15-32)24(35)29-18-11-9-17(10-12-18)25(26,27)28/h5-12,16,21H,4,13-15H2,1-3H3,(H,29,35). The molecule has 0 radical (unpaired) electrons. The second kappa shape index (κ2) is 9.69. The number of hydrogen-bond acceptors (Lipinski definition) is 4. The highest BCUT2D eigenvalue weighted by Gasteiger charge is 2.33. The van der Waals surface area contributed by atoms with Gasteiger partial charge in [0.1, 0.15) is 5.82 Å². The number of aromatic nitrogens is 2. The third-order valence-electron chi connectivity index (χ3n) is 6.53. The number of amides is 2. The molecule has 1 aliphatic heterocycles. The predicted molar refractivity (Wildman–Crippen MR) is 128 cm³/mol. The first-order valence-electron chi connectivity index (χ1n) is 11.5. The molecule has 1 N–H and O–H groups in total. The van der Waals surface area contributed by atoms with Gasteiger partial charge in [0, 0.05) is 38.4 Å². The summed E-state index contributed by atoms with van der Waals surface area (Å²) < 4.78 is 39.9. The molecule has 7 nitrogen and oxygen atoms in total. The fourth-order valence-electron chi connectivity index (χ4n) is 4.65. The molecule has 4 rings (SSSR count). The summed E-state index contributed by atoms with van der Waals surface area (Å²) in [6.07, 6.45) is -3.68. The molecule has 2 unspecified atom stereocenters. The Balaban J connectivity index is 1.47. The summed E-state index contributed by atoms with van der Waals surface area (Å²) in [5.74, 6) is 0.686. The van der Waals surface area contributed by atoms with Gasteiger partial charge < -0.3 is 10.2 Å². The van der Waals surface area contributed by atoms with Crippen LogP contribution in [0.3, 0.4) is 0 Å². The maximum Gasteiger partial charge on any atom is 0.416 e. The number of rotatable bonds is 4. The lowest BCUT2D eigenvalue weighted by atomic mass is 10.1. The Morgan fingerprint density at radius 2 is 1.83 bits per heavy atom. The number of halogens is 3. The molecule has 0 saturated carbocycles. The van der Waals surface area contributed by atoms with Crippen LogP contribution < -0.4 is 10.9 Å². The van der Waals surface area contributed by atoms with Crippen LogP contribution in [0.15, 0.2) is 53.3 Å². The third-order valence-corrected chi connectivity index (χ3v) is 6.53. The molecule has 186 valence electrons. The van der Waals surface area contributed by atoms with Crippen molar-refractivity contribution in [3.8, 4) is 0 Å². The molecule has 0 bridgehead atoms. The molecular formula is C25H28F3N5O2. The SMILES string of the molecule is CCC(c1nc2ccccc2c(=O)n1C)N1CCN(C(=O)Nc2ccc(C(F)(F)F)cc2)C(C)C1. The fourth-order valence-corrected chi connectivity index (χ4v) is 4.65. The number of anilines is 1. The molecule has 0 spiro atoms. The van der Waals surface area contributed by atoms with E-state index in [1.807, 2.05) is 32.0 Å². The van der Waals surface area contributed by atoms with Crippen molar-refractivity contribution >= 4 is 22.6 Å². The lowest BCUT2D eigenvalue weighted by molar-refractivity contribution is -0.137. The molecule has 0 aliphatic carbocycles. The van der Waals surface area contributed by atoms with Crippen molar-refractivity contribution in [2.24, 2.45) is 7.05 Å². The Bertz CT molecular complexity index is 1270. The third kappa shape index (κ3) is 5.02. The van der Waals surface area contributed by atoms with Gasteiger partial charge in [-0.1, -0.05) is 19.1 Å². The number of nitrogens with zero attached hydrogens (tertiary/aromatic N) is 4. The summed E-state index contributed by atoms with van der Waals surface area (Å²) in [5, 5.41) is 3.27. The van der Waals surface area contributed by atoms with E-state index in [0.717, 1.165) is 18.6 Å². The minimum absolute atomic E-state index is 0.0911. The van der Waals surface area contributed by atoms with Crippen LogP contribution in [0, 0.1) is 0 Å². The highest BCUT2D eigenvalue weighted by molar-refractivity contribution is 5.89. The van der Waals surface area contributed by atoms with Crippen LogP contribution in [0.1, 0.15) is 37.7 Å². The van der Waals surface area contributed by atoms with E-state index >= 15 is 0 Å². The van der Waals surface area contributed by atoms with Crippen molar-refractivity contribution in [3.63, 3.8) is 0 Å². The zero-order valence-electron chi connectivity index (χ0n) is 19.8. The van der Waals surface area contributed by atoms with Crippen LogP contribution in [0.25, 0.3) is 10.9 Å². The van der Waals surface area contributed by atoms with Crippen molar-refractivity contribution in [2.45, 2.75) is 38.5 Å². The monoisotopic (exact) mass is 487 g/mol. The van der Waals surface area contributed by atoms with E-state index in [2.05, 4.69) is 10.2 Å². The number of alkyl halides is 3. The van der Waals surface area contributed by atoms with Gasteiger partial charge in [-0.25, -0.2) is 9.78 Å². The highest BCUT2D eigenvalue weighted by Crippen LogP contribution is 2.30. The molecule has 1 aliphatic rings. The van der Waals surface area contributed by atoms with Crippen LogP contribution in [0.4, 0.5) is 23.7 Å². The van der Waals surface area contributed by atoms with Crippen LogP contribution in [-0.2, 0) is 13.2 Å². The Kier molecular flexibility index (Phi) is 6.84. The van der Waals surface area contributed by atoms with E-state index in [9.17, 15) is 22.8 Å². The minimum Gasteiger partial charge on any atom is -0.319 e. The number of benzene rings is 2. The lowest BCUT2D eigenvalue weighted by Gasteiger charge is -2.43. The van der Waals surface area contributed by atoms with E-state index in [1.54, 1.807) is 22.6 Å². The first-order chi connectivity index (χ1) is 16.6. The molecule has 2 amide bonds. The predicted octanol–water partition coefficient (Wildman–Crippen LogP) is 4.64. The summed E-state index contributed by atoms with van der Waals surface area (Å²) >= 11 is 0. The topological polar surface area (TPSA) is 70.5 Å². The molecule has 1 fully saturated rings. The zero-order chi connectivity index (χ0) is 25.3. The Labute approximate surface area is 201 Å². The molecule has 2 atom stereocenters. The van der Waals surface area contributed by atoms with Crippen LogP contribution in [0.5, 0.6) is 0 Å². The zero-order valence-corrected chi connectivity index (χ0v) is 19.8. The van der Waals surface area contributed by atoms with Crippen molar-refractivity contribution in [1.29, 1.82) is 0 Å². The first kappa shape index (κ1) is 24.7. The molecule has 2 aromatic carbocycles. The van der Waals surface area contributed by atoms with E-state index < -0.39 is 11.7 Å². The Hall–Kier alpha value is -3.40. The molecule has 1 saturated heterocycles. The second-order valence-electron chi connectivity index (χ2n) is 8.82. The van der Waals surface area contributed by atoms with E-state index in [4.69, 9.17) is 4.98 Å². The normalized spacial score (nSPS) is 18.0. The van der Waals surface area contributed by atoms with Gasteiger partial charge in [0.25, 0.3) is 5.56 Å². The Morgan fingerprint density at radius 1 is 1.14 bits per heavy atom. The smallest absolute Gasteiger partial charge is 0.319 e. The summed E-state index contributed by atoms with van der Waals surface area (Å²) in [5.41, 5.74) is 0.109. The largest absolute Gasteiger partial charge is 0.416 e. The average Bonchev–Trinajstić information content (AvgIpc) is 2.82. The quantitative estimate of drug-likeness (QED) is 0.582. The van der Waals surface area contributed by atoms with Gasteiger partial charge in [-0.2, -0.15) is 13.2 Å². The number of urea groups is 1. The number of carbonyl (C=O) groups excluding carboxylic acids is 1. The molecule has 10 heteroatoms. The van der Waals surface area contributed by atoms with Crippen LogP contribution >= 0.6 is 0 Å². The van der Waals surface area contributed by atoms with Crippen LogP contribution in [-0.4, -0.2) is 51.1 Å². The van der Waals surface area contributed by atoms with Crippen LogP contribution in [0.2, 0.25) is 0 Å². The average molecular weight is 488 g/mol. The Morgan fingerprint density at radius 3 is 2.46 bits per heavy atom. The summed E-state index contributed by atoms with van der Waals surface area (Å²) in [6, 6.07) is 11.1. The molecule has 35 heavy (non-hydrogen) atoms. The van der Waals surface area contributed by atoms with Gasteiger partial charge in [0.15, 0.2) is 0 Å². The molecule has 1 aromatic heterocycles. The molecular weight excluding hydrogens is 459 g/mol. The lowest BCUT2D eigenvalue weighted by Crippen LogP contribution is -2.56. The number of para-hydroxylation sites is 1. The number of hydrogen-bond donors (Lipinski definition) is 1. The van der Waals surface area contributed by atoms with Gasteiger partial charge >= 0.3 is 12.2 Å². The number of carbonyl (C=O) groups is 1. The van der Waals surface area contributed by atoms with E-state index in [0.29, 0.717) is 42.0 Å². The van der Waals surface area contributed by atoms with E-state index in [1.165, 1.54) is 12.1 Å². The van der Waals surface area contributed by atoms with Gasteiger partial charge in [-0.15, -0.1) is 0 Å². The minimum atomic E-state index is -4.42. The summed E-state index contributed by atoms with van der Waals surface area (Å²) in [7, 11) is 1.73. The summed E-state index contributed by atoms with van der Waals surface area (Å²) in [6.45, 7) is 5.55. The number of fused-ring (bicyclic) bond motifs is 1. The molecule has 2 heterocycles. The number of nitrogens with one attached hydrogen (secondary N) is 1. The van der Waals surface area contributed by atoms with Gasteiger partial charge in [-0.05, 0) is 49.7 Å². The molecule has 3 aromatic rings. The van der Waals surface area contributed by atoms with Crippen molar-refractivity contribution in [1.82, 2.24) is 19.4 Å². The van der Waals surface area contributed by atoms with Gasteiger partial charge in [0.2, 0.25) is 0 Å². The maximum atomic E-state index is 12.9. The van der Waals surface area contributed by atoms with Gasteiger partial charge in [0.05, 0.1) is 22.5 Å². The highest BCUT2D eigenvalue weighted by atomic mass is 19.4. The van der Waals surface area contributed by atoms with Crippen molar-refractivity contribution in [2.75, 3.05) is 25.0 Å². The van der Waals surface area contributed by atoms with E-state index in [-0.39, 0.29) is 23.7 Å². The number of piperazine rings is 1. The van der Waals surface area contributed by atoms with Crippen molar-refractivity contribution < 1.29 is 18.0 Å². The fraction of sp³-hybridized carbons (Fsp3) is 0.400. The second-order valence-corrected chi connectivity index (χ2v) is 8.82.